The van der Waals surface area contributed by atoms with Crippen molar-refractivity contribution in [3.05, 3.63) is 51.7 Å². The van der Waals surface area contributed by atoms with Gasteiger partial charge in [0.15, 0.2) is 0 Å². The number of aryl methyl sites for hydroxylation is 1. The van der Waals surface area contributed by atoms with Gasteiger partial charge in [0.25, 0.3) is 5.56 Å². The van der Waals surface area contributed by atoms with Crippen molar-refractivity contribution in [2.45, 2.75) is 58.5 Å². The topological polar surface area (TPSA) is 63.9 Å². The zero-order valence-corrected chi connectivity index (χ0v) is 15.7. The van der Waals surface area contributed by atoms with Crippen LogP contribution in [-0.4, -0.2) is 37.5 Å². The highest BCUT2D eigenvalue weighted by molar-refractivity contribution is 5.13. The fourth-order valence-corrected chi connectivity index (χ4v) is 3.67. The van der Waals surface area contributed by atoms with Gasteiger partial charge in [0, 0.05) is 48.2 Å². The SMILES string of the molecule is Cc1ncn(CC2CCN(Cc3cnc(C4CC4)nc3)CC2)c(=O)c1C. The quantitative estimate of drug-likeness (QED) is 0.826. The lowest BCUT2D eigenvalue weighted by Gasteiger charge is -2.32. The molecule has 6 heteroatoms. The first-order chi connectivity index (χ1) is 12.6. The Morgan fingerprint density at radius 2 is 1.73 bits per heavy atom. The molecule has 0 radical (unpaired) electrons. The van der Waals surface area contributed by atoms with E-state index in [9.17, 15) is 4.79 Å². The monoisotopic (exact) mass is 353 g/mol. The van der Waals surface area contributed by atoms with Gasteiger partial charge in [-0.25, -0.2) is 15.0 Å². The first-order valence-corrected chi connectivity index (χ1v) is 9.66. The minimum absolute atomic E-state index is 0.104. The smallest absolute Gasteiger partial charge is 0.256 e. The second-order valence-electron chi connectivity index (χ2n) is 7.86. The van der Waals surface area contributed by atoms with Crippen molar-refractivity contribution in [2.24, 2.45) is 5.92 Å². The first-order valence-electron chi connectivity index (χ1n) is 9.66. The fraction of sp³-hybridized carbons (Fsp3) is 0.600. The minimum Gasteiger partial charge on any atom is -0.299 e. The molecule has 6 nitrogen and oxygen atoms in total. The lowest BCUT2D eigenvalue weighted by molar-refractivity contribution is 0.166. The van der Waals surface area contributed by atoms with E-state index in [-0.39, 0.29) is 5.56 Å². The predicted molar refractivity (Wildman–Crippen MR) is 100.0 cm³/mol. The van der Waals surface area contributed by atoms with Gasteiger partial charge in [-0.3, -0.25) is 14.3 Å². The summed E-state index contributed by atoms with van der Waals surface area (Å²) >= 11 is 0. The molecule has 0 amide bonds. The summed E-state index contributed by atoms with van der Waals surface area (Å²) in [6.45, 7) is 7.56. The van der Waals surface area contributed by atoms with Crippen LogP contribution in [0.15, 0.2) is 23.5 Å². The first kappa shape index (κ1) is 17.3. The summed E-state index contributed by atoms with van der Waals surface area (Å²) in [6.07, 6.45) is 10.4. The average molecular weight is 353 g/mol. The molecule has 1 aliphatic carbocycles. The van der Waals surface area contributed by atoms with E-state index >= 15 is 0 Å². The molecule has 0 bridgehead atoms. The van der Waals surface area contributed by atoms with Gasteiger partial charge >= 0.3 is 0 Å². The number of aromatic nitrogens is 4. The molecule has 0 aromatic carbocycles. The van der Waals surface area contributed by atoms with E-state index in [1.54, 1.807) is 10.9 Å². The Labute approximate surface area is 154 Å². The molecule has 26 heavy (non-hydrogen) atoms. The summed E-state index contributed by atoms with van der Waals surface area (Å²) in [5.41, 5.74) is 2.89. The lowest BCUT2D eigenvalue weighted by Crippen LogP contribution is -2.36. The van der Waals surface area contributed by atoms with E-state index in [1.165, 1.54) is 18.4 Å². The molecule has 1 saturated carbocycles. The molecule has 138 valence electrons. The molecule has 0 unspecified atom stereocenters. The van der Waals surface area contributed by atoms with Crippen LogP contribution in [0.5, 0.6) is 0 Å². The molecule has 1 saturated heterocycles. The molecule has 1 aliphatic heterocycles. The molecule has 0 atom stereocenters. The van der Waals surface area contributed by atoms with Gasteiger partial charge in [-0.15, -0.1) is 0 Å². The third kappa shape index (κ3) is 3.85. The highest BCUT2D eigenvalue weighted by atomic mass is 16.1. The van der Waals surface area contributed by atoms with Gasteiger partial charge in [0.2, 0.25) is 0 Å². The average Bonchev–Trinajstić information content (AvgIpc) is 3.50. The van der Waals surface area contributed by atoms with Gasteiger partial charge in [-0.2, -0.15) is 0 Å². The maximum atomic E-state index is 12.3. The lowest BCUT2D eigenvalue weighted by atomic mass is 9.96. The summed E-state index contributed by atoms with van der Waals surface area (Å²) < 4.78 is 1.78. The number of piperidine rings is 1. The minimum atomic E-state index is 0.104. The fourth-order valence-electron chi connectivity index (χ4n) is 3.67. The number of hydrogen-bond donors (Lipinski definition) is 0. The Balaban J connectivity index is 1.30. The highest BCUT2D eigenvalue weighted by Crippen LogP contribution is 2.37. The van der Waals surface area contributed by atoms with Crippen molar-refractivity contribution >= 4 is 0 Å². The van der Waals surface area contributed by atoms with Gasteiger partial charge in [-0.05, 0) is 58.5 Å². The van der Waals surface area contributed by atoms with Gasteiger partial charge in [0.05, 0.1) is 6.33 Å². The zero-order chi connectivity index (χ0) is 18.1. The van der Waals surface area contributed by atoms with Crippen molar-refractivity contribution in [2.75, 3.05) is 13.1 Å². The van der Waals surface area contributed by atoms with Crippen LogP contribution in [0, 0.1) is 19.8 Å². The number of likely N-dealkylation sites (tertiary alicyclic amines) is 1. The summed E-state index contributed by atoms with van der Waals surface area (Å²) in [4.78, 5) is 28.2. The third-order valence-corrected chi connectivity index (χ3v) is 5.75. The molecule has 0 N–H and O–H groups in total. The van der Waals surface area contributed by atoms with Crippen LogP contribution >= 0.6 is 0 Å². The molecule has 2 aliphatic rings. The van der Waals surface area contributed by atoms with E-state index in [1.807, 2.05) is 26.2 Å². The molecule has 4 rings (SSSR count). The van der Waals surface area contributed by atoms with E-state index in [0.29, 0.717) is 11.8 Å². The molecule has 0 spiro atoms. The molecular formula is C20H27N5O. The van der Waals surface area contributed by atoms with Crippen LogP contribution < -0.4 is 5.56 Å². The Kier molecular flexibility index (Phi) is 4.85. The molecule has 2 fully saturated rings. The number of rotatable bonds is 5. The largest absolute Gasteiger partial charge is 0.299 e. The van der Waals surface area contributed by atoms with Gasteiger partial charge in [0.1, 0.15) is 5.82 Å². The van der Waals surface area contributed by atoms with Crippen molar-refractivity contribution in [3.63, 3.8) is 0 Å². The van der Waals surface area contributed by atoms with Gasteiger partial charge < -0.3 is 0 Å². The summed E-state index contributed by atoms with van der Waals surface area (Å²) in [5, 5.41) is 0. The summed E-state index contributed by atoms with van der Waals surface area (Å²) in [6, 6.07) is 0. The van der Waals surface area contributed by atoms with Crippen molar-refractivity contribution in [1.82, 2.24) is 24.4 Å². The summed E-state index contributed by atoms with van der Waals surface area (Å²) in [7, 11) is 0. The van der Waals surface area contributed by atoms with E-state index in [0.717, 1.165) is 56.1 Å². The van der Waals surface area contributed by atoms with E-state index < -0.39 is 0 Å². The van der Waals surface area contributed by atoms with Crippen molar-refractivity contribution in [3.8, 4) is 0 Å². The maximum absolute atomic E-state index is 12.3. The molecule has 2 aromatic rings. The Bertz CT molecular complexity index is 817. The van der Waals surface area contributed by atoms with Gasteiger partial charge in [-0.1, -0.05) is 0 Å². The Morgan fingerprint density at radius 1 is 1.04 bits per heavy atom. The normalized spacial score (nSPS) is 19.0. The second-order valence-corrected chi connectivity index (χ2v) is 7.86. The van der Waals surface area contributed by atoms with Crippen LogP contribution in [0.25, 0.3) is 0 Å². The Morgan fingerprint density at radius 3 is 2.38 bits per heavy atom. The predicted octanol–water partition coefficient (Wildman–Crippen LogP) is 2.44. The second kappa shape index (κ2) is 7.27. The third-order valence-electron chi connectivity index (χ3n) is 5.75. The molecular weight excluding hydrogens is 326 g/mol. The standard InChI is InChI=1S/C20H27N5O/c1-14-15(2)23-13-25(20(14)26)12-16-5-7-24(8-6-16)11-17-9-21-19(22-10-17)18-3-4-18/h9-10,13,16,18H,3-8,11-12H2,1-2H3. The van der Waals surface area contributed by atoms with E-state index in [4.69, 9.17) is 0 Å². The van der Waals surface area contributed by atoms with Crippen LogP contribution in [0.2, 0.25) is 0 Å². The highest BCUT2D eigenvalue weighted by Gasteiger charge is 2.26. The maximum Gasteiger partial charge on any atom is 0.256 e. The Hall–Kier alpha value is -2.08. The van der Waals surface area contributed by atoms with Crippen LogP contribution in [-0.2, 0) is 13.1 Å². The van der Waals surface area contributed by atoms with Crippen LogP contribution in [0.4, 0.5) is 0 Å². The van der Waals surface area contributed by atoms with E-state index in [2.05, 4.69) is 19.9 Å². The zero-order valence-electron chi connectivity index (χ0n) is 15.7. The number of hydrogen-bond acceptors (Lipinski definition) is 5. The number of nitrogens with zero attached hydrogens (tertiary/aromatic N) is 5. The van der Waals surface area contributed by atoms with Crippen molar-refractivity contribution < 1.29 is 0 Å². The molecule has 2 aromatic heterocycles. The summed E-state index contributed by atoms with van der Waals surface area (Å²) in [5.74, 6) is 2.17. The molecule has 3 heterocycles. The van der Waals surface area contributed by atoms with Crippen LogP contribution in [0.3, 0.4) is 0 Å². The van der Waals surface area contributed by atoms with Crippen molar-refractivity contribution in [1.29, 1.82) is 0 Å². The van der Waals surface area contributed by atoms with Crippen LogP contribution in [0.1, 0.15) is 54.2 Å².